The minimum Gasteiger partial charge on any atom is -0.438 e. The van der Waals surface area contributed by atoms with E-state index in [-0.39, 0.29) is 5.82 Å². The molecule has 224 valence electrons. The van der Waals surface area contributed by atoms with Crippen molar-refractivity contribution in [3.63, 3.8) is 0 Å². The summed E-state index contributed by atoms with van der Waals surface area (Å²) in [6.07, 6.45) is -5.10. The second kappa shape index (κ2) is 13.5. The number of nitrogen functional groups attached to an aromatic ring is 1. The van der Waals surface area contributed by atoms with Gasteiger partial charge in [-0.05, 0) is 32.4 Å². The van der Waals surface area contributed by atoms with E-state index < -0.39 is 87.6 Å². The number of esters is 2. The Morgan fingerprint density at radius 3 is 2.50 bits per heavy atom. The third-order valence-electron chi connectivity index (χ3n) is 5.36. The minimum absolute atomic E-state index is 0.153. The second-order valence-corrected chi connectivity index (χ2v) is 11.6. The van der Waals surface area contributed by atoms with Gasteiger partial charge >= 0.3 is 25.5 Å². The van der Waals surface area contributed by atoms with Crippen LogP contribution in [0.25, 0.3) is 10.4 Å². The summed E-state index contributed by atoms with van der Waals surface area (Å²) in [6, 6.07) is 1.18. The van der Waals surface area contributed by atoms with E-state index in [0.717, 1.165) is 6.20 Å². The normalized spacial score (nSPS) is 24.2. The number of aliphatic hydroxyl groups excluding tert-OH is 1. The zero-order valence-electron chi connectivity index (χ0n) is 22.5. The Bertz CT molecular complexity index is 1220. The molecule has 1 aliphatic rings. The Balaban J connectivity index is 2.29. The van der Waals surface area contributed by atoms with Gasteiger partial charge in [-0.1, -0.05) is 19.0 Å². The number of anilines is 1. The molecule has 0 aliphatic carbocycles. The zero-order valence-corrected chi connectivity index (χ0v) is 23.4. The van der Waals surface area contributed by atoms with Crippen LogP contribution in [0.5, 0.6) is 0 Å². The van der Waals surface area contributed by atoms with E-state index in [4.69, 9.17) is 39.0 Å². The van der Waals surface area contributed by atoms with Gasteiger partial charge in [0.25, 0.3) is 0 Å². The highest BCUT2D eigenvalue weighted by molar-refractivity contribution is 7.48. The number of halogens is 1. The summed E-state index contributed by atoms with van der Waals surface area (Å²) in [5, 5.41) is 14.0. The van der Waals surface area contributed by atoms with Gasteiger partial charge in [-0.25, -0.2) is 22.8 Å². The maximum Gasteiger partial charge on any atom is 0.480 e. The van der Waals surface area contributed by atoms with Crippen LogP contribution < -0.4 is 11.4 Å². The Kier molecular flexibility index (Phi) is 11.2. The van der Waals surface area contributed by atoms with Gasteiger partial charge in [0, 0.05) is 11.1 Å². The molecule has 1 aromatic rings. The van der Waals surface area contributed by atoms with Crippen molar-refractivity contribution in [1.82, 2.24) is 9.55 Å². The van der Waals surface area contributed by atoms with Crippen LogP contribution in [0.1, 0.15) is 40.8 Å². The number of nitrogens with two attached hydrogens (primary N) is 1. The topological polar surface area (TPSA) is 236 Å². The lowest BCUT2D eigenvalue weighted by Crippen LogP contribution is -2.48. The zero-order chi connectivity index (χ0) is 30.3. The van der Waals surface area contributed by atoms with E-state index >= 15 is 4.39 Å². The molecule has 0 bridgehead atoms. The quantitative estimate of drug-likeness (QED) is 0.0830. The highest BCUT2D eigenvalue weighted by Gasteiger charge is 2.57. The molecule has 5 atom stereocenters. The van der Waals surface area contributed by atoms with E-state index in [0.29, 0.717) is 4.57 Å². The lowest BCUT2D eigenvalue weighted by Gasteiger charge is -2.31. The molecule has 1 unspecified atom stereocenters. The monoisotopic (exact) mass is 594 g/mol. The van der Waals surface area contributed by atoms with Gasteiger partial charge in [-0.15, -0.1) is 0 Å². The fourth-order valence-electron chi connectivity index (χ4n) is 3.07. The third kappa shape index (κ3) is 8.44. The molecule has 2 heterocycles. The average Bonchev–Trinajstić information content (AvgIpc) is 3.11. The average molecular weight is 594 g/mol. The molecule has 40 heavy (non-hydrogen) atoms. The predicted molar refractivity (Wildman–Crippen MR) is 133 cm³/mol. The van der Waals surface area contributed by atoms with Gasteiger partial charge in [-0.2, -0.15) is 4.98 Å². The van der Waals surface area contributed by atoms with Crippen LogP contribution in [0.15, 0.2) is 22.2 Å². The van der Waals surface area contributed by atoms with Gasteiger partial charge in [0.15, 0.2) is 12.4 Å². The van der Waals surface area contributed by atoms with E-state index in [9.17, 15) is 24.1 Å². The molecule has 19 heteroatoms. The molecule has 1 saturated heterocycles. The molecule has 0 saturated carbocycles. The summed E-state index contributed by atoms with van der Waals surface area (Å²) in [7, 11) is -4.80. The first kappa shape index (κ1) is 33.1. The van der Waals surface area contributed by atoms with Crippen LogP contribution in [0, 0.1) is 11.3 Å². The number of hydrogen-bond acceptors (Lipinski definition) is 14. The van der Waals surface area contributed by atoms with Crippen LogP contribution in [-0.2, 0) is 41.9 Å². The van der Waals surface area contributed by atoms with Crippen LogP contribution in [0.2, 0.25) is 0 Å². The summed E-state index contributed by atoms with van der Waals surface area (Å²) >= 11 is 0. The number of aliphatic hydroxyl groups is 1. The molecular weight excluding hydrogens is 562 g/mol. The van der Waals surface area contributed by atoms with Gasteiger partial charge in [0.1, 0.15) is 17.5 Å². The molecule has 0 aromatic carbocycles. The molecule has 17 nitrogen and oxygen atoms in total. The summed E-state index contributed by atoms with van der Waals surface area (Å²) in [6.45, 7) is 4.11. The fraction of sp³-hybridized carbons (Fsp3) is 0.714. The minimum atomic E-state index is -4.80. The number of nitrogens with zero attached hydrogens (tertiary/aromatic N) is 5. The highest BCUT2D eigenvalue weighted by Crippen LogP contribution is 2.52. The smallest absolute Gasteiger partial charge is 0.438 e. The van der Waals surface area contributed by atoms with Crippen LogP contribution in [0.3, 0.4) is 0 Å². The number of phosphoric acid groups is 1. The first-order chi connectivity index (χ1) is 18.5. The van der Waals surface area contributed by atoms with Crippen molar-refractivity contribution in [2.24, 2.45) is 16.4 Å². The third-order valence-corrected chi connectivity index (χ3v) is 6.65. The van der Waals surface area contributed by atoms with Crippen molar-refractivity contribution in [3.05, 3.63) is 33.2 Å². The van der Waals surface area contributed by atoms with Crippen LogP contribution in [-0.4, -0.2) is 71.2 Å². The van der Waals surface area contributed by atoms with E-state index in [1.54, 1.807) is 20.8 Å². The van der Waals surface area contributed by atoms with Gasteiger partial charge in [0.05, 0.1) is 24.5 Å². The largest absolute Gasteiger partial charge is 0.480 e. The summed E-state index contributed by atoms with van der Waals surface area (Å²) in [4.78, 5) is 42.1. The summed E-state index contributed by atoms with van der Waals surface area (Å²) < 4.78 is 59.8. The first-order valence-corrected chi connectivity index (χ1v) is 13.2. The number of hydrogen-bond donors (Lipinski definition) is 2. The maximum atomic E-state index is 15.2. The lowest BCUT2D eigenvalue weighted by molar-refractivity contribution is -0.163. The Hall–Kier alpha value is -3.11. The molecule has 1 aromatic heterocycles. The number of carbonyl (C=O) groups excluding carboxylic acids is 2. The number of alkyl halides is 1. The molecule has 0 radical (unpaired) electrons. The fourth-order valence-corrected chi connectivity index (χ4v) is 4.04. The maximum absolute atomic E-state index is 15.2. The number of phosphoric ester groups is 1. The van der Waals surface area contributed by atoms with Crippen molar-refractivity contribution in [3.8, 4) is 0 Å². The first-order valence-electron chi connectivity index (χ1n) is 11.8. The van der Waals surface area contributed by atoms with Crippen molar-refractivity contribution in [1.29, 1.82) is 0 Å². The van der Waals surface area contributed by atoms with Crippen LogP contribution >= 0.6 is 7.82 Å². The standard InChI is InChI=1S/C21H32FN6O11P/c1-12(2)17(30)34-10-37-40(33,38-11-35-18(31)20(3,4)5)36-9-21(8-25-27-24)15(29)14(22)16(39-21)28-7-6-13(23)26-19(28)32/h6-7,12,14-16,29H,8-11H2,1-5H3,(H2,23,26,32)/t14-,15+,16-,21-,40?/m1/s1. The molecule has 2 rings (SSSR count). The van der Waals surface area contributed by atoms with Crippen molar-refractivity contribution < 1.29 is 51.4 Å². The number of ether oxygens (including phenoxy) is 3. The van der Waals surface area contributed by atoms with Crippen molar-refractivity contribution in [2.75, 3.05) is 32.5 Å². The number of aromatic nitrogens is 2. The molecule has 1 aliphatic heterocycles. The van der Waals surface area contributed by atoms with E-state index in [2.05, 4.69) is 15.0 Å². The summed E-state index contributed by atoms with van der Waals surface area (Å²) in [5.74, 6) is -2.16. The molecule has 0 amide bonds. The predicted octanol–water partition coefficient (Wildman–Crippen LogP) is 1.96. The second-order valence-electron chi connectivity index (χ2n) is 9.91. The number of rotatable bonds is 13. The van der Waals surface area contributed by atoms with Crippen LogP contribution in [0.4, 0.5) is 10.2 Å². The Labute approximate surface area is 227 Å². The number of azide groups is 1. The van der Waals surface area contributed by atoms with E-state index in [1.807, 2.05) is 0 Å². The lowest BCUT2D eigenvalue weighted by atomic mass is 9.97. The van der Waals surface area contributed by atoms with Gasteiger partial charge < -0.3 is 25.1 Å². The van der Waals surface area contributed by atoms with Crippen molar-refractivity contribution >= 4 is 25.6 Å². The van der Waals surface area contributed by atoms with Gasteiger partial charge in [0.2, 0.25) is 13.6 Å². The molecule has 1 fully saturated rings. The Morgan fingerprint density at radius 1 is 1.32 bits per heavy atom. The molecular formula is C21H32FN6O11P. The van der Waals surface area contributed by atoms with Gasteiger partial charge in [-0.3, -0.25) is 18.7 Å². The highest BCUT2D eigenvalue weighted by atomic mass is 31.2. The SMILES string of the molecule is CC(C)C(=O)OCOP(=O)(OCOC(=O)C(C)(C)C)OC[C@@]1(CN=[N+]=[N-])O[C@@H](n2ccc(N)nc2=O)[C@H](F)[C@@H]1O. The Morgan fingerprint density at radius 2 is 1.95 bits per heavy atom. The van der Waals surface area contributed by atoms with Crippen molar-refractivity contribution in [2.45, 2.75) is 58.7 Å². The van der Waals surface area contributed by atoms with E-state index in [1.165, 1.54) is 19.9 Å². The number of carbonyl (C=O) groups is 2. The summed E-state index contributed by atoms with van der Waals surface area (Å²) in [5.41, 5.74) is 10.1. The molecule has 3 N–H and O–H groups in total. The molecule has 0 spiro atoms.